The Hall–Kier alpha value is -1.30. The molecule has 1 aromatic carbocycles. The second-order valence-corrected chi connectivity index (χ2v) is 4.64. The molecule has 17 heavy (non-hydrogen) atoms. The Morgan fingerprint density at radius 3 is 2.76 bits per heavy atom. The van der Waals surface area contributed by atoms with Crippen LogP contribution in [0.2, 0.25) is 0 Å². The Balaban J connectivity index is 2.54. The summed E-state index contributed by atoms with van der Waals surface area (Å²) in [5.41, 5.74) is 5.64. The molecule has 0 spiro atoms. The summed E-state index contributed by atoms with van der Waals surface area (Å²) in [7, 11) is 0. The summed E-state index contributed by atoms with van der Waals surface area (Å²) < 4.78 is 0. The van der Waals surface area contributed by atoms with Crippen LogP contribution in [-0.2, 0) is 12.8 Å². The van der Waals surface area contributed by atoms with Crippen molar-refractivity contribution in [3.63, 3.8) is 0 Å². The predicted octanol–water partition coefficient (Wildman–Crippen LogP) is 5.01. The van der Waals surface area contributed by atoms with Gasteiger partial charge in [-0.15, -0.1) is 0 Å². The largest absolute Gasteiger partial charge is 0.0995 e. The highest BCUT2D eigenvalue weighted by Gasteiger charge is 2.00. The van der Waals surface area contributed by atoms with Gasteiger partial charge in [-0.05, 0) is 56.2 Å². The Morgan fingerprint density at radius 1 is 1.35 bits per heavy atom. The van der Waals surface area contributed by atoms with Gasteiger partial charge in [-0.1, -0.05) is 49.4 Å². The molecular weight excluding hydrogens is 204 g/mol. The molecule has 0 nitrogen and oxygen atoms in total. The summed E-state index contributed by atoms with van der Waals surface area (Å²) >= 11 is 0. The Bertz CT molecular complexity index is 396. The van der Waals surface area contributed by atoms with E-state index < -0.39 is 0 Å². The van der Waals surface area contributed by atoms with Gasteiger partial charge in [-0.25, -0.2) is 0 Å². The molecule has 0 unspecified atom stereocenters. The van der Waals surface area contributed by atoms with Crippen molar-refractivity contribution in [2.24, 2.45) is 0 Å². The first-order valence-corrected chi connectivity index (χ1v) is 6.53. The molecule has 0 N–H and O–H groups in total. The molecule has 1 aromatic rings. The van der Waals surface area contributed by atoms with Crippen LogP contribution in [0.25, 0.3) is 0 Å². The number of rotatable bonds is 6. The van der Waals surface area contributed by atoms with Crippen LogP contribution in [0.1, 0.15) is 43.4 Å². The van der Waals surface area contributed by atoms with Crippen LogP contribution < -0.4 is 0 Å². The summed E-state index contributed by atoms with van der Waals surface area (Å²) in [5.74, 6) is 0. The second-order valence-electron chi connectivity index (χ2n) is 4.64. The van der Waals surface area contributed by atoms with Gasteiger partial charge in [0.05, 0.1) is 0 Å². The molecule has 0 amide bonds. The average Bonchev–Trinajstić information content (AvgIpc) is 2.35. The Labute approximate surface area is 106 Å². The lowest BCUT2D eigenvalue weighted by atomic mass is 9.98. The quantitative estimate of drug-likeness (QED) is 0.600. The molecule has 0 heterocycles. The number of benzene rings is 1. The lowest BCUT2D eigenvalue weighted by Crippen LogP contribution is -1.92. The van der Waals surface area contributed by atoms with Gasteiger partial charge < -0.3 is 0 Å². The van der Waals surface area contributed by atoms with Crippen molar-refractivity contribution < 1.29 is 0 Å². The summed E-state index contributed by atoms with van der Waals surface area (Å²) in [6.07, 6.45) is 8.61. The van der Waals surface area contributed by atoms with E-state index in [9.17, 15) is 0 Å². The summed E-state index contributed by atoms with van der Waals surface area (Å²) in [5, 5.41) is 0. The van der Waals surface area contributed by atoms with Gasteiger partial charge in [0.25, 0.3) is 0 Å². The molecule has 0 aliphatic rings. The zero-order valence-corrected chi connectivity index (χ0v) is 11.4. The van der Waals surface area contributed by atoms with E-state index >= 15 is 0 Å². The van der Waals surface area contributed by atoms with E-state index in [0.717, 1.165) is 25.7 Å². The van der Waals surface area contributed by atoms with Crippen LogP contribution in [0, 0.1) is 6.92 Å². The van der Waals surface area contributed by atoms with Crippen LogP contribution in [0.4, 0.5) is 0 Å². The predicted molar refractivity (Wildman–Crippen MR) is 77.4 cm³/mol. The van der Waals surface area contributed by atoms with Crippen molar-refractivity contribution in [3.05, 3.63) is 59.2 Å². The summed E-state index contributed by atoms with van der Waals surface area (Å²) in [6.45, 7) is 10.6. The van der Waals surface area contributed by atoms with Gasteiger partial charge in [0.15, 0.2) is 0 Å². The first kappa shape index (κ1) is 13.8. The molecule has 0 aliphatic heterocycles. The topological polar surface area (TPSA) is 0 Å². The van der Waals surface area contributed by atoms with E-state index in [-0.39, 0.29) is 0 Å². The van der Waals surface area contributed by atoms with Crippen LogP contribution >= 0.6 is 0 Å². The molecule has 0 atom stereocenters. The molecule has 0 aliphatic carbocycles. The van der Waals surface area contributed by atoms with Crippen molar-refractivity contribution in [2.45, 2.75) is 46.5 Å². The SMILES string of the molecule is C=C(C/C=C\C)CCc1ccc(C)c(CC)c1. The first-order chi connectivity index (χ1) is 8.17. The van der Waals surface area contributed by atoms with Crippen molar-refractivity contribution in [1.29, 1.82) is 0 Å². The van der Waals surface area contributed by atoms with Gasteiger partial charge in [0.2, 0.25) is 0 Å². The molecule has 0 saturated heterocycles. The first-order valence-electron chi connectivity index (χ1n) is 6.53. The lowest BCUT2D eigenvalue weighted by molar-refractivity contribution is 0.910. The molecule has 0 fully saturated rings. The smallest absolute Gasteiger partial charge is 0.0142 e. The molecule has 0 aromatic heterocycles. The number of allylic oxidation sites excluding steroid dienone is 3. The minimum absolute atomic E-state index is 1.02. The normalized spacial score (nSPS) is 11.0. The molecule has 0 bridgehead atoms. The monoisotopic (exact) mass is 228 g/mol. The maximum atomic E-state index is 4.12. The average molecular weight is 228 g/mol. The fourth-order valence-corrected chi connectivity index (χ4v) is 1.97. The highest BCUT2D eigenvalue weighted by molar-refractivity contribution is 5.31. The van der Waals surface area contributed by atoms with E-state index in [0.29, 0.717) is 0 Å². The molecular formula is C17H24. The summed E-state index contributed by atoms with van der Waals surface area (Å²) in [4.78, 5) is 0. The fraction of sp³-hybridized carbons (Fsp3) is 0.412. The molecule has 92 valence electrons. The number of hydrogen-bond acceptors (Lipinski definition) is 0. The molecule has 0 saturated carbocycles. The molecule has 1 rings (SSSR count). The number of hydrogen-bond donors (Lipinski definition) is 0. The minimum atomic E-state index is 1.02. The van der Waals surface area contributed by atoms with Gasteiger partial charge >= 0.3 is 0 Å². The third-order valence-electron chi connectivity index (χ3n) is 3.20. The lowest BCUT2D eigenvalue weighted by Gasteiger charge is -2.08. The van der Waals surface area contributed by atoms with Crippen LogP contribution in [-0.4, -0.2) is 0 Å². The molecule has 0 radical (unpaired) electrons. The number of aryl methyl sites for hydroxylation is 3. The standard InChI is InChI=1S/C17H24/c1-5-7-8-14(3)9-11-16-12-10-15(4)17(6-2)13-16/h5,7,10,12-13H,3,6,8-9,11H2,1-2,4H3/b7-5-. The van der Waals surface area contributed by atoms with E-state index in [1.165, 1.54) is 22.3 Å². The van der Waals surface area contributed by atoms with Crippen molar-refractivity contribution in [2.75, 3.05) is 0 Å². The Kier molecular flexibility index (Phi) is 5.76. The minimum Gasteiger partial charge on any atom is -0.0995 e. The van der Waals surface area contributed by atoms with E-state index in [4.69, 9.17) is 0 Å². The fourth-order valence-electron chi connectivity index (χ4n) is 1.97. The maximum absolute atomic E-state index is 4.12. The summed E-state index contributed by atoms with van der Waals surface area (Å²) in [6, 6.07) is 6.83. The van der Waals surface area contributed by atoms with Crippen LogP contribution in [0.3, 0.4) is 0 Å². The Morgan fingerprint density at radius 2 is 2.12 bits per heavy atom. The zero-order chi connectivity index (χ0) is 12.7. The van der Waals surface area contributed by atoms with Gasteiger partial charge in [0, 0.05) is 0 Å². The third-order valence-corrected chi connectivity index (χ3v) is 3.20. The zero-order valence-electron chi connectivity index (χ0n) is 11.4. The van der Waals surface area contributed by atoms with Gasteiger partial charge in [0.1, 0.15) is 0 Å². The second kappa shape index (κ2) is 7.11. The molecule has 0 heteroatoms. The van der Waals surface area contributed by atoms with Crippen LogP contribution in [0.5, 0.6) is 0 Å². The van der Waals surface area contributed by atoms with Crippen molar-refractivity contribution in [3.8, 4) is 0 Å². The van der Waals surface area contributed by atoms with E-state index in [1.54, 1.807) is 0 Å². The van der Waals surface area contributed by atoms with Crippen LogP contribution in [0.15, 0.2) is 42.5 Å². The highest BCUT2D eigenvalue weighted by atomic mass is 14.1. The van der Waals surface area contributed by atoms with Gasteiger partial charge in [-0.3, -0.25) is 0 Å². The highest BCUT2D eigenvalue weighted by Crippen LogP contribution is 2.16. The van der Waals surface area contributed by atoms with E-state index in [2.05, 4.69) is 57.7 Å². The third kappa shape index (κ3) is 4.60. The van der Waals surface area contributed by atoms with Gasteiger partial charge in [-0.2, -0.15) is 0 Å². The van der Waals surface area contributed by atoms with Crippen molar-refractivity contribution >= 4 is 0 Å². The maximum Gasteiger partial charge on any atom is -0.0142 e. The van der Waals surface area contributed by atoms with Crippen molar-refractivity contribution in [1.82, 2.24) is 0 Å². The van der Waals surface area contributed by atoms with E-state index in [1.807, 2.05) is 0 Å².